The summed E-state index contributed by atoms with van der Waals surface area (Å²) in [7, 11) is -8.06. The van der Waals surface area contributed by atoms with Crippen molar-refractivity contribution in [2.24, 2.45) is 0 Å². The molecule has 1 fully saturated rings. The number of ether oxygens (including phenoxy) is 2. The highest BCUT2D eigenvalue weighted by atomic mass is 28.4. The van der Waals surface area contributed by atoms with Crippen LogP contribution in [0.4, 0.5) is 0 Å². The maximum atomic E-state index is 12.8. The summed E-state index contributed by atoms with van der Waals surface area (Å²) < 4.78 is 39.6. The van der Waals surface area contributed by atoms with Crippen LogP contribution in [0, 0.1) is 0 Å². The standard InChI is InChI=1S/C32H70O7Si4/c1-14-15-16-17-18-19-20-21-22-23-24-25-28(33)34-26-27-29(36-40(2,3)4)30(37-41(5,6)7)31(38-42(8,9)10)32(35-27)39-43(11,12)13/h27,29-32H,14-26H2,1-13H3/t27-,29-,30+,31-,32-/m1/s1. The Balaban J connectivity index is 2.89. The Morgan fingerprint density at radius 2 is 0.930 bits per heavy atom. The zero-order valence-electron chi connectivity index (χ0n) is 30.4. The van der Waals surface area contributed by atoms with Crippen molar-refractivity contribution in [2.45, 2.75) is 193 Å². The zero-order valence-corrected chi connectivity index (χ0v) is 34.4. The first-order valence-corrected chi connectivity index (χ1v) is 30.9. The number of hydrogen-bond acceptors (Lipinski definition) is 7. The molecule has 11 heteroatoms. The summed E-state index contributed by atoms with van der Waals surface area (Å²) in [6.45, 7) is 28.5. The fourth-order valence-electron chi connectivity index (χ4n) is 5.26. The Labute approximate surface area is 270 Å². The second-order valence-corrected chi connectivity index (χ2v) is 34.2. The minimum absolute atomic E-state index is 0.128. The normalized spacial score (nSPS) is 23.9. The molecule has 0 aromatic rings. The average molecular weight is 679 g/mol. The van der Waals surface area contributed by atoms with Crippen LogP contribution in [-0.2, 0) is 32.0 Å². The van der Waals surface area contributed by atoms with Crippen molar-refractivity contribution in [2.75, 3.05) is 6.61 Å². The maximum absolute atomic E-state index is 12.8. The lowest BCUT2D eigenvalue weighted by Gasteiger charge is -2.51. The van der Waals surface area contributed by atoms with E-state index in [1.807, 2.05) is 0 Å². The maximum Gasteiger partial charge on any atom is 0.305 e. The predicted molar refractivity (Wildman–Crippen MR) is 190 cm³/mol. The van der Waals surface area contributed by atoms with Gasteiger partial charge in [0, 0.05) is 6.42 Å². The van der Waals surface area contributed by atoms with Crippen LogP contribution in [0.2, 0.25) is 78.6 Å². The molecule has 1 aliphatic rings. The van der Waals surface area contributed by atoms with Crippen molar-refractivity contribution in [3.8, 4) is 0 Å². The van der Waals surface area contributed by atoms with E-state index in [9.17, 15) is 4.79 Å². The average Bonchev–Trinajstić information content (AvgIpc) is 2.82. The molecular formula is C32H70O7Si4. The van der Waals surface area contributed by atoms with Crippen molar-refractivity contribution in [3.63, 3.8) is 0 Å². The first kappa shape index (κ1) is 41.2. The van der Waals surface area contributed by atoms with E-state index in [0.717, 1.165) is 12.8 Å². The van der Waals surface area contributed by atoms with E-state index in [1.165, 1.54) is 57.8 Å². The van der Waals surface area contributed by atoms with Crippen molar-refractivity contribution in [3.05, 3.63) is 0 Å². The molecular weight excluding hydrogens is 609 g/mol. The summed E-state index contributed by atoms with van der Waals surface area (Å²) in [5, 5.41) is 0. The fraction of sp³-hybridized carbons (Fsp3) is 0.969. The van der Waals surface area contributed by atoms with Crippen molar-refractivity contribution >= 4 is 39.2 Å². The molecule has 1 saturated heterocycles. The molecule has 256 valence electrons. The summed E-state index contributed by atoms with van der Waals surface area (Å²) >= 11 is 0. The zero-order chi connectivity index (χ0) is 32.9. The van der Waals surface area contributed by atoms with Crippen LogP contribution in [0.3, 0.4) is 0 Å². The first-order valence-electron chi connectivity index (χ1n) is 17.2. The van der Waals surface area contributed by atoms with Gasteiger partial charge < -0.3 is 27.2 Å². The lowest BCUT2D eigenvalue weighted by molar-refractivity contribution is -0.270. The van der Waals surface area contributed by atoms with Crippen LogP contribution < -0.4 is 0 Å². The molecule has 5 atom stereocenters. The summed E-state index contributed by atoms with van der Waals surface area (Å²) in [6.07, 6.45) is 12.0. The summed E-state index contributed by atoms with van der Waals surface area (Å²) in [5.74, 6) is -0.169. The highest BCUT2D eigenvalue weighted by molar-refractivity contribution is 6.71. The van der Waals surface area contributed by atoms with Crippen LogP contribution in [0.15, 0.2) is 0 Å². The topological polar surface area (TPSA) is 72.5 Å². The lowest BCUT2D eigenvalue weighted by Crippen LogP contribution is -2.67. The Morgan fingerprint density at radius 1 is 0.535 bits per heavy atom. The van der Waals surface area contributed by atoms with Gasteiger partial charge >= 0.3 is 5.97 Å². The summed E-state index contributed by atoms with van der Waals surface area (Å²) in [6, 6.07) is 0. The SMILES string of the molecule is CCCCCCCCCCCCCC(=O)OC[C@H]1O[C@H](O[Si](C)(C)C)[C@H](O[Si](C)(C)C)[C@@H](O[Si](C)(C)C)[C@@H]1O[Si](C)(C)C. The largest absolute Gasteiger partial charge is 0.463 e. The molecule has 1 aliphatic heterocycles. The number of unbranched alkanes of at least 4 members (excludes halogenated alkanes) is 10. The predicted octanol–water partition coefficient (Wildman–Crippen LogP) is 9.47. The number of hydrogen-bond donors (Lipinski definition) is 0. The van der Waals surface area contributed by atoms with E-state index in [4.69, 9.17) is 27.2 Å². The van der Waals surface area contributed by atoms with Crippen molar-refractivity contribution in [1.82, 2.24) is 0 Å². The quantitative estimate of drug-likeness (QED) is 0.0642. The van der Waals surface area contributed by atoms with Gasteiger partial charge in [0.2, 0.25) is 0 Å². The fourth-order valence-corrected chi connectivity index (χ4v) is 9.40. The van der Waals surface area contributed by atoms with Gasteiger partial charge in [0.1, 0.15) is 31.0 Å². The van der Waals surface area contributed by atoms with E-state index in [0.29, 0.717) is 6.42 Å². The van der Waals surface area contributed by atoms with Crippen LogP contribution in [0.5, 0.6) is 0 Å². The van der Waals surface area contributed by atoms with Gasteiger partial charge in [-0.1, -0.05) is 71.1 Å². The molecule has 0 unspecified atom stereocenters. The number of esters is 1. The Morgan fingerprint density at radius 3 is 1.37 bits per heavy atom. The molecule has 43 heavy (non-hydrogen) atoms. The molecule has 0 aliphatic carbocycles. The van der Waals surface area contributed by atoms with E-state index < -0.39 is 57.9 Å². The van der Waals surface area contributed by atoms with Gasteiger partial charge in [0.15, 0.2) is 39.6 Å². The number of rotatable bonds is 22. The Hall–Kier alpha value is 0.138. The number of carbonyl (C=O) groups is 1. The van der Waals surface area contributed by atoms with Crippen molar-refractivity contribution < 1.29 is 32.0 Å². The third-order valence-corrected chi connectivity index (χ3v) is 10.8. The van der Waals surface area contributed by atoms with Crippen molar-refractivity contribution in [1.29, 1.82) is 0 Å². The second-order valence-electron chi connectivity index (χ2n) is 16.3. The molecule has 0 saturated carbocycles. The van der Waals surface area contributed by atoms with Gasteiger partial charge in [-0.2, -0.15) is 0 Å². The molecule has 0 N–H and O–H groups in total. The smallest absolute Gasteiger partial charge is 0.305 e. The molecule has 0 bridgehead atoms. The molecule has 1 heterocycles. The molecule has 7 nitrogen and oxygen atoms in total. The third kappa shape index (κ3) is 20.1. The van der Waals surface area contributed by atoms with Crippen LogP contribution in [0.1, 0.15) is 84.0 Å². The number of carbonyl (C=O) groups excluding carboxylic acids is 1. The van der Waals surface area contributed by atoms with Crippen LogP contribution in [-0.4, -0.2) is 76.6 Å². The van der Waals surface area contributed by atoms with Gasteiger partial charge in [0.05, 0.1) is 0 Å². The molecule has 1 rings (SSSR count). The third-order valence-electron chi connectivity index (χ3n) is 6.92. The highest BCUT2D eigenvalue weighted by Crippen LogP contribution is 2.35. The van der Waals surface area contributed by atoms with Crippen LogP contribution in [0.25, 0.3) is 0 Å². The second kappa shape index (κ2) is 19.1. The summed E-state index contributed by atoms with van der Waals surface area (Å²) in [5.41, 5.74) is 0. The minimum Gasteiger partial charge on any atom is -0.463 e. The van der Waals surface area contributed by atoms with E-state index in [-0.39, 0.29) is 18.7 Å². The Kier molecular flexibility index (Phi) is 18.3. The van der Waals surface area contributed by atoms with Gasteiger partial charge in [-0.05, 0) is 85.0 Å². The van der Waals surface area contributed by atoms with E-state index in [2.05, 4.69) is 85.5 Å². The van der Waals surface area contributed by atoms with Gasteiger partial charge in [-0.3, -0.25) is 4.79 Å². The Bertz CT molecular complexity index is 772. The van der Waals surface area contributed by atoms with Gasteiger partial charge in [-0.25, -0.2) is 0 Å². The summed E-state index contributed by atoms with van der Waals surface area (Å²) in [4.78, 5) is 12.8. The van der Waals surface area contributed by atoms with Gasteiger partial charge in [0.25, 0.3) is 0 Å². The molecule has 0 aromatic heterocycles. The molecule has 0 radical (unpaired) electrons. The van der Waals surface area contributed by atoms with Crippen LogP contribution >= 0.6 is 0 Å². The first-order chi connectivity index (χ1) is 19.7. The minimum atomic E-state index is -2.03. The molecule has 0 amide bonds. The lowest BCUT2D eigenvalue weighted by atomic mass is 9.99. The molecule has 0 spiro atoms. The van der Waals surface area contributed by atoms with E-state index >= 15 is 0 Å². The monoisotopic (exact) mass is 678 g/mol. The van der Waals surface area contributed by atoms with E-state index in [1.54, 1.807) is 0 Å². The highest BCUT2D eigenvalue weighted by Gasteiger charge is 2.53. The van der Waals surface area contributed by atoms with Gasteiger partial charge in [-0.15, -0.1) is 0 Å². The molecule has 0 aromatic carbocycles.